The van der Waals surface area contributed by atoms with Crippen molar-refractivity contribution in [1.29, 1.82) is 0 Å². The molecule has 0 fully saturated rings. The predicted octanol–water partition coefficient (Wildman–Crippen LogP) is 3.11. The molecule has 1 amide bonds. The lowest BCUT2D eigenvalue weighted by molar-refractivity contribution is 0.0971. The number of H-pyrrole nitrogens is 1. The number of hydrogen-bond donors (Lipinski definition) is 2. The molecule has 0 saturated heterocycles. The minimum absolute atomic E-state index is 0.0458. The molecule has 0 saturated carbocycles. The van der Waals surface area contributed by atoms with Crippen molar-refractivity contribution in [2.24, 2.45) is 0 Å². The molecule has 0 unspecified atom stereocenters. The monoisotopic (exact) mass is 330 g/mol. The van der Waals surface area contributed by atoms with Gasteiger partial charge >= 0.3 is 0 Å². The molecule has 0 spiro atoms. The number of pyridine rings is 1. The first kappa shape index (κ1) is 15.5. The standard InChI is InChI=1S/C17H15ClN2O3/c1-9-5-6-10(18)7-14(9)20-17(23)12-8-11-13(19-16(12)22)3-2-4-15(11)21/h5-8H,2-4H2,1H3,(H,19,22)(H,20,23). The first-order valence-corrected chi connectivity index (χ1v) is 7.70. The predicted molar refractivity (Wildman–Crippen MR) is 88.5 cm³/mol. The van der Waals surface area contributed by atoms with Crippen LogP contribution in [0.25, 0.3) is 0 Å². The van der Waals surface area contributed by atoms with Gasteiger partial charge in [-0.3, -0.25) is 14.4 Å². The summed E-state index contributed by atoms with van der Waals surface area (Å²) in [6.45, 7) is 1.83. The normalized spacial score (nSPS) is 13.6. The third kappa shape index (κ3) is 3.05. The zero-order valence-electron chi connectivity index (χ0n) is 12.5. The van der Waals surface area contributed by atoms with Gasteiger partial charge in [-0.25, -0.2) is 0 Å². The Balaban J connectivity index is 1.97. The highest BCUT2D eigenvalue weighted by molar-refractivity contribution is 6.31. The maximum Gasteiger partial charge on any atom is 0.261 e. The SMILES string of the molecule is Cc1ccc(Cl)cc1NC(=O)c1cc2c([nH]c1=O)CCCC2=O. The van der Waals surface area contributed by atoms with Crippen LogP contribution in [0.3, 0.4) is 0 Å². The highest BCUT2D eigenvalue weighted by Crippen LogP contribution is 2.22. The molecule has 1 aromatic heterocycles. The van der Waals surface area contributed by atoms with Crippen molar-refractivity contribution >= 4 is 29.0 Å². The van der Waals surface area contributed by atoms with E-state index in [0.717, 1.165) is 12.0 Å². The van der Waals surface area contributed by atoms with Crippen molar-refractivity contribution in [3.63, 3.8) is 0 Å². The Morgan fingerprint density at radius 2 is 2.00 bits per heavy atom. The van der Waals surface area contributed by atoms with E-state index >= 15 is 0 Å². The van der Waals surface area contributed by atoms with Gasteiger partial charge in [0.2, 0.25) is 0 Å². The third-order valence-corrected chi connectivity index (χ3v) is 4.18. The van der Waals surface area contributed by atoms with E-state index in [1.165, 1.54) is 6.07 Å². The van der Waals surface area contributed by atoms with Crippen LogP contribution >= 0.6 is 11.6 Å². The molecule has 0 bridgehead atoms. The van der Waals surface area contributed by atoms with Gasteiger partial charge in [0.15, 0.2) is 5.78 Å². The second-order valence-electron chi connectivity index (χ2n) is 5.59. The van der Waals surface area contributed by atoms with Crippen LogP contribution in [0.2, 0.25) is 5.02 Å². The number of aromatic amines is 1. The van der Waals surface area contributed by atoms with Gasteiger partial charge in [-0.15, -0.1) is 0 Å². The van der Waals surface area contributed by atoms with Gasteiger partial charge in [0.1, 0.15) is 5.56 Å². The molecular weight excluding hydrogens is 316 g/mol. The number of ketones is 1. The summed E-state index contributed by atoms with van der Waals surface area (Å²) in [6.07, 6.45) is 1.80. The third-order valence-electron chi connectivity index (χ3n) is 3.95. The molecule has 0 radical (unpaired) electrons. The highest BCUT2D eigenvalue weighted by Gasteiger charge is 2.22. The summed E-state index contributed by atoms with van der Waals surface area (Å²) in [5.41, 5.74) is 1.85. The molecule has 0 atom stereocenters. The summed E-state index contributed by atoms with van der Waals surface area (Å²) in [5.74, 6) is -0.603. The molecule has 23 heavy (non-hydrogen) atoms. The lowest BCUT2D eigenvalue weighted by Gasteiger charge is -2.15. The van der Waals surface area contributed by atoms with Gasteiger partial charge in [-0.05, 0) is 43.5 Å². The number of benzene rings is 1. The van der Waals surface area contributed by atoms with E-state index in [0.29, 0.717) is 34.8 Å². The molecule has 2 aromatic rings. The molecule has 5 nitrogen and oxygen atoms in total. The van der Waals surface area contributed by atoms with E-state index in [4.69, 9.17) is 11.6 Å². The second kappa shape index (κ2) is 6.01. The molecular formula is C17H15ClN2O3. The number of amides is 1. The zero-order chi connectivity index (χ0) is 16.6. The van der Waals surface area contributed by atoms with Gasteiger partial charge in [0, 0.05) is 28.4 Å². The van der Waals surface area contributed by atoms with E-state index in [1.54, 1.807) is 18.2 Å². The smallest absolute Gasteiger partial charge is 0.261 e. The Morgan fingerprint density at radius 3 is 2.78 bits per heavy atom. The molecule has 1 aliphatic carbocycles. The van der Waals surface area contributed by atoms with Gasteiger partial charge < -0.3 is 10.3 Å². The van der Waals surface area contributed by atoms with Crippen molar-refractivity contribution in [2.45, 2.75) is 26.2 Å². The minimum atomic E-state index is -0.558. The maximum atomic E-state index is 12.4. The Hall–Kier alpha value is -2.40. The average molecular weight is 331 g/mol. The number of nitrogens with one attached hydrogen (secondary N) is 2. The van der Waals surface area contributed by atoms with Crippen LogP contribution in [-0.4, -0.2) is 16.7 Å². The van der Waals surface area contributed by atoms with Crippen LogP contribution in [0.4, 0.5) is 5.69 Å². The quantitative estimate of drug-likeness (QED) is 0.888. The lowest BCUT2D eigenvalue weighted by Crippen LogP contribution is -2.27. The van der Waals surface area contributed by atoms with Crippen LogP contribution in [0.5, 0.6) is 0 Å². The molecule has 118 valence electrons. The molecule has 1 heterocycles. The fraction of sp³-hybridized carbons (Fsp3) is 0.235. The maximum absolute atomic E-state index is 12.4. The minimum Gasteiger partial charge on any atom is -0.325 e. The van der Waals surface area contributed by atoms with Crippen LogP contribution in [0, 0.1) is 6.92 Å². The first-order chi connectivity index (χ1) is 11.0. The second-order valence-corrected chi connectivity index (χ2v) is 6.03. The Morgan fingerprint density at radius 1 is 1.22 bits per heavy atom. The van der Waals surface area contributed by atoms with Crippen LogP contribution in [-0.2, 0) is 6.42 Å². The molecule has 1 aliphatic rings. The number of carbonyl (C=O) groups is 2. The number of Topliss-reactive ketones (excluding diaryl/α,β-unsaturated/α-hetero) is 1. The summed E-state index contributed by atoms with van der Waals surface area (Å²) >= 11 is 5.93. The fourth-order valence-corrected chi connectivity index (χ4v) is 2.83. The summed E-state index contributed by atoms with van der Waals surface area (Å²) in [4.78, 5) is 39.1. The van der Waals surface area contributed by atoms with Gasteiger partial charge in [0.25, 0.3) is 11.5 Å². The lowest BCUT2D eigenvalue weighted by atomic mass is 9.93. The van der Waals surface area contributed by atoms with Crippen molar-refractivity contribution in [3.05, 3.63) is 62.0 Å². The average Bonchev–Trinajstić information content (AvgIpc) is 2.50. The van der Waals surface area contributed by atoms with E-state index in [-0.39, 0.29) is 11.3 Å². The van der Waals surface area contributed by atoms with Crippen LogP contribution in [0.15, 0.2) is 29.1 Å². The summed E-state index contributed by atoms with van der Waals surface area (Å²) in [5, 5.41) is 3.16. The number of aryl methyl sites for hydroxylation is 2. The van der Waals surface area contributed by atoms with Gasteiger partial charge in [-0.1, -0.05) is 17.7 Å². The number of carbonyl (C=O) groups excluding carboxylic acids is 2. The van der Waals surface area contributed by atoms with E-state index in [2.05, 4.69) is 10.3 Å². The number of fused-ring (bicyclic) bond motifs is 1. The zero-order valence-corrected chi connectivity index (χ0v) is 13.3. The van der Waals surface area contributed by atoms with Crippen molar-refractivity contribution < 1.29 is 9.59 Å². The van der Waals surface area contributed by atoms with Crippen molar-refractivity contribution in [2.75, 3.05) is 5.32 Å². The molecule has 3 rings (SSSR count). The number of aromatic nitrogens is 1. The fourth-order valence-electron chi connectivity index (χ4n) is 2.66. The summed E-state index contributed by atoms with van der Waals surface area (Å²) < 4.78 is 0. The van der Waals surface area contributed by atoms with E-state index in [1.807, 2.05) is 6.92 Å². The Labute approximate surface area is 137 Å². The van der Waals surface area contributed by atoms with Crippen molar-refractivity contribution in [1.82, 2.24) is 4.98 Å². The largest absolute Gasteiger partial charge is 0.325 e. The number of rotatable bonds is 2. The summed E-state index contributed by atoms with van der Waals surface area (Å²) in [7, 11) is 0. The molecule has 2 N–H and O–H groups in total. The van der Waals surface area contributed by atoms with Gasteiger partial charge in [-0.2, -0.15) is 0 Å². The molecule has 1 aromatic carbocycles. The van der Waals surface area contributed by atoms with E-state index < -0.39 is 11.5 Å². The van der Waals surface area contributed by atoms with Gasteiger partial charge in [0.05, 0.1) is 0 Å². The summed E-state index contributed by atoms with van der Waals surface area (Å²) in [6, 6.07) is 6.51. The molecule has 0 aliphatic heterocycles. The van der Waals surface area contributed by atoms with Crippen LogP contribution < -0.4 is 10.9 Å². The Kier molecular flexibility index (Phi) is 4.05. The highest BCUT2D eigenvalue weighted by atomic mass is 35.5. The first-order valence-electron chi connectivity index (χ1n) is 7.32. The topological polar surface area (TPSA) is 79.0 Å². The van der Waals surface area contributed by atoms with Crippen molar-refractivity contribution in [3.8, 4) is 0 Å². The number of halogens is 1. The van der Waals surface area contributed by atoms with E-state index in [9.17, 15) is 14.4 Å². The molecule has 6 heteroatoms. The number of anilines is 1. The number of hydrogen-bond acceptors (Lipinski definition) is 3. The van der Waals surface area contributed by atoms with Crippen LogP contribution in [0.1, 0.15) is 44.8 Å². The Bertz CT molecular complexity index is 871.